The van der Waals surface area contributed by atoms with Gasteiger partial charge in [-0.15, -0.1) is 0 Å². The molecule has 0 spiro atoms. The summed E-state index contributed by atoms with van der Waals surface area (Å²) in [5.41, 5.74) is 0. The number of unbranched alkanes of at least 4 members (excludes halogenated alkanes) is 9. The van der Waals surface area contributed by atoms with Crippen LogP contribution in [0, 0.1) is 0 Å². The molecule has 0 bridgehead atoms. The van der Waals surface area contributed by atoms with Crippen molar-refractivity contribution in [1.29, 1.82) is 0 Å². The zero-order valence-electron chi connectivity index (χ0n) is 13.8. The van der Waals surface area contributed by atoms with Crippen LogP contribution in [-0.4, -0.2) is 38.6 Å². The van der Waals surface area contributed by atoms with Gasteiger partial charge in [0, 0.05) is 0 Å². The van der Waals surface area contributed by atoms with Gasteiger partial charge in [-0.05, 0) is 46.6 Å². The van der Waals surface area contributed by atoms with E-state index >= 15 is 0 Å². The molecule has 0 amide bonds. The van der Waals surface area contributed by atoms with Gasteiger partial charge in [-0.1, -0.05) is 64.7 Å². The largest absolute Gasteiger partial charge is 0.320 e. The normalized spacial score (nSPS) is 11.4. The Morgan fingerprint density at radius 2 is 1.16 bits per heavy atom. The van der Waals surface area contributed by atoms with Gasteiger partial charge in [-0.3, -0.25) is 0 Å². The second-order valence-electron chi connectivity index (χ2n) is 5.94. The molecule has 0 aliphatic heterocycles. The minimum atomic E-state index is 1.14. The molecule has 0 atom stereocenters. The second kappa shape index (κ2) is 16.0. The van der Waals surface area contributed by atoms with Crippen molar-refractivity contribution in [3.8, 4) is 0 Å². The van der Waals surface area contributed by atoms with Gasteiger partial charge in [0.1, 0.15) is 0 Å². The molecule has 116 valence electrons. The number of rotatable bonds is 15. The Hall–Kier alpha value is -0.0800. The van der Waals surface area contributed by atoms with Gasteiger partial charge in [0.15, 0.2) is 0 Å². The van der Waals surface area contributed by atoms with E-state index in [9.17, 15) is 0 Å². The first-order valence-corrected chi connectivity index (χ1v) is 8.64. The van der Waals surface area contributed by atoms with Crippen LogP contribution in [0.15, 0.2) is 0 Å². The summed E-state index contributed by atoms with van der Waals surface area (Å²) in [6.07, 6.45) is 15.6. The van der Waals surface area contributed by atoms with Crippen LogP contribution in [0.2, 0.25) is 0 Å². The van der Waals surface area contributed by atoms with Crippen LogP contribution in [0.3, 0.4) is 0 Å². The van der Waals surface area contributed by atoms with E-state index in [1.807, 2.05) is 7.05 Å². The fourth-order valence-electron chi connectivity index (χ4n) is 2.51. The van der Waals surface area contributed by atoms with Crippen molar-refractivity contribution in [1.82, 2.24) is 10.2 Å². The summed E-state index contributed by atoms with van der Waals surface area (Å²) in [6.45, 7) is 5.94. The van der Waals surface area contributed by atoms with E-state index in [0.717, 1.165) is 6.54 Å². The third kappa shape index (κ3) is 15.9. The summed E-state index contributed by atoms with van der Waals surface area (Å²) in [4.78, 5) is 2.47. The summed E-state index contributed by atoms with van der Waals surface area (Å²) in [6, 6.07) is 0. The first-order valence-electron chi connectivity index (χ1n) is 8.64. The van der Waals surface area contributed by atoms with Crippen molar-refractivity contribution in [3.63, 3.8) is 0 Å². The average Bonchev–Trinajstić information content (AvgIpc) is 2.41. The molecule has 0 aromatic carbocycles. The van der Waals surface area contributed by atoms with Gasteiger partial charge < -0.3 is 10.2 Å². The van der Waals surface area contributed by atoms with Crippen molar-refractivity contribution in [2.24, 2.45) is 0 Å². The van der Waals surface area contributed by atoms with Gasteiger partial charge in [-0.2, -0.15) is 0 Å². The topological polar surface area (TPSA) is 15.3 Å². The predicted octanol–water partition coefficient (Wildman–Crippen LogP) is 4.45. The number of hydrogen-bond acceptors (Lipinski definition) is 2. The van der Waals surface area contributed by atoms with E-state index in [1.165, 1.54) is 83.7 Å². The molecule has 0 heterocycles. The van der Waals surface area contributed by atoms with E-state index in [-0.39, 0.29) is 0 Å². The van der Waals surface area contributed by atoms with E-state index < -0.39 is 0 Å². The van der Waals surface area contributed by atoms with Crippen LogP contribution < -0.4 is 5.32 Å². The lowest BCUT2D eigenvalue weighted by Crippen LogP contribution is -2.23. The molecule has 0 saturated heterocycles. The Morgan fingerprint density at radius 1 is 0.684 bits per heavy atom. The minimum Gasteiger partial charge on any atom is -0.320 e. The summed E-state index contributed by atoms with van der Waals surface area (Å²) in [5, 5.41) is 3.20. The number of nitrogens with zero attached hydrogens (tertiary/aromatic N) is 1. The highest BCUT2D eigenvalue weighted by atomic mass is 15.1. The van der Waals surface area contributed by atoms with Gasteiger partial charge >= 0.3 is 0 Å². The number of nitrogens with one attached hydrogen (secondary N) is 1. The van der Waals surface area contributed by atoms with Crippen molar-refractivity contribution in [3.05, 3.63) is 0 Å². The highest BCUT2D eigenvalue weighted by molar-refractivity contribution is 4.54. The first kappa shape index (κ1) is 18.9. The fraction of sp³-hybridized carbons (Fsp3) is 1.00. The highest BCUT2D eigenvalue weighted by Crippen LogP contribution is 2.10. The maximum atomic E-state index is 3.20. The fourth-order valence-corrected chi connectivity index (χ4v) is 2.51. The zero-order valence-corrected chi connectivity index (χ0v) is 13.8. The molecule has 2 heteroatoms. The number of hydrogen-bond donors (Lipinski definition) is 1. The molecule has 1 N–H and O–H groups in total. The van der Waals surface area contributed by atoms with E-state index in [1.54, 1.807) is 0 Å². The van der Waals surface area contributed by atoms with Crippen molar-refractivity contribution in [2.45, 2.75) is 77.6 Å². The van der Waals surface area contributed by atoms with Crippen LogP contribution in [-0.2, 0) is 0 Å². The molecule has 2 nitrogen and oxygen atoms in total. The standard InChI is InChI=1S/C17H38N2/c1-4-5-6-7-8-9-10-11-12-13-16-19(3)17-14-15-18-2/h18H,4-17H2,1-3H3. The van der Waals surface area contributed by atoms with Crippen LogP contribution in [0.5, 0.6) is 0 Å². The van der Waals surface area contributed by atoms with Crippen molar-refractivity contribution < 1.29 is 0 Å². The molecule has 0 fully saturated rings. The molecule has 0 aromatic heterocycles. The smallest absolute Gasteiger partial charge is 0.000969 e. The third-order valence-electron chi connectivity index (χ3n) is 3.86. The Balaban J connectivity index is 3.05. The van der Waals surface area contributed by atoms with E-state index in [4.69, 9.17) is 0 Å². The van der Waals surface area contributed by atoms with Crippen LogP contribution in [0.1, 0.15) is 77.6 Å². The summed E-state index contributed by atoms with van der Waals surface area (Å²) in [5.74, 6) is 0. The quantitative estimate of drug-likeness (QED) is 0.442. The summed E-state index contributed by atoms with van der Waals surface area (Å²) in [7, 11) is 4.28. The van der Waals surface area contributed by atoms with E-state index in [0.29, 0.717) is 0 Å². The zero-order chi connectivity index (χ0) is 14.2. The lowest BCUT2D eigenvalue weighted by atomic mass is 10.1. The molecule has 0 radical (unpaired) electrons. The Bertz CT molecular complexity index is 159. The van der Waals surface area contributed by atoms with E-state index in [2.05, 4.69) is 24.2 Å². The molecular weight excluding hydrogens is 232 g/mol. The van der Waals surface area contributed by atoms with Crippen molar-refractivity contribution >= 4 is 0 Å². The maximum Gasteiger partial charge on any atom is -0.000969 e. The molecular formula is C17H38N2. The predicted molar refractivity (Wildman–Crippen MR) is 87.9 cm³/mol. The second-order valence-corrected chi connectivity index (χ2v) is 5.94. The molecule has 0 saturated carbocycles. The van der Waals surface area contributed by atoms with Crippen LogP contribution in [0.4, 0.5) is 0 Å². The average molecular weight is 271 g/mol. The molecule has 0 rings (SSSR count). The van der Waals surface area contributed by atoms with Gasteiger partial charge in [0.05, 0.1) is 0 Å². The maximum absolute atomic E-state index is 3.20. The Kier molecular flexibility index (Phi) is 15.9. The summed E-state index contributed by atoms with van der Waals surface area (Å²) >= 11 is 0. The first-order chi connectivity index (χ1) is 9.31. The SMILES string of the molecule is CCCCCCCCCCCCN(C)CCCNC. The molecule has 0 aliphatic rings. The van der Waals surface area contributed by atoms with Crippen LogP contribution in [0.25, 0.3) is 0 Å². The monoisotopic (exact) mass is 270 g/mol. The van der Waals surface area contributed by atoms with Crippen LogP contribution >= 0.6 is 0 Å². The molecule has 19 heavy (non-hydrogen) atoms. The molecule has 0 aromatic rings. The lowest BCUT2D eigenvalue weighted by Gasteiger charge is -2.16. The highest BCUT2D eigenvalue weighted by Gasteiger charge is 1.97. The molecule has 0 unspecified atom stereocenters. The van der Waals surface area contributed by atoms with Gasteiger partial charge in [0.25, 0.3) is 0 Å². The summed E-state index contributed by atoms with van der Waals surface area (Å²) < 4.78 is 0. The van der Waals surface area contributed by atoms with Gasteiger partial charge in [0.2, 0.25) is 0 Å². The minimum absolute atomic E-state index is 1.14. The third-order valence-corrected chi connectivity index (χ3v) is 3.86. The van der Waals surface area contributed by atoms with Crippen molar-refractivity contribution in [2.75, 3.05) is 33.7 Å². The lowest BCUT2D eigenvalue weighted by molar-refractivity contribution is 0.318. The Morgan fingerprint density at radius 3 is 1.68 bits per heavy atom. The Labute approximate surface area is 122 Å². The molecule has 0 aliphatic carbocycles. The van der Waals surface area contributed by atoms with Gasteiger partial charge in [-0.25, -0.2) is 0 Å².